The number of nitrogens with one attached hydrogen (secondary N) is 2. The predicted octanol–water partition coefficient (Wildman–Crippen LogP) is 2.69. The number of aromatic nitrogens is 1. The Labute approximate surface area is 124 Å². The number of rotatable bonds is 4. The van der Waals surface area contributed by atoms with Crippen molar-refractivity contribution in [2.75, 3.05) is 4.72 Å². The summed E-state index contributed by atoms with van der Waals surface area (Å²) in [4.78, 5) is 2.92. The number of anilines is 1. The number of H-pyrrole nitrogens is 1. The SMILES string of the molecule is NCc1cc(S(=O)(=O)Nc2cccc(Cl)c2Br)c[nH]1. The standard InChI is InChI=1S/C11H11BrClN3O2S/c12-11-9(13)2-1-3-10(11)16-19(17,18)8-4-7(5-14)15-6-8/h1-4,6,15-16H,5,14H2. The van der Waals surface area contributed by atoms with Crippen molar-refractivity contribution in [2.24, 2.45) is 5.73 Å². The van der Waals surface area contributed by atoms with E-state index in [1.807, 2.05) is 0 Å². The van der Waals surface area contributed by atoms with Crippen LogP contribution in [0.15, 0.2) is 39.8 Å². The zero-order chi connectivity index (χ0) is 14.0. The first-order chi connectivity index (χ1) is 8.94. The Morgan fingerprint density at radius 3 is 2.79 bits per heavy atom. The highest BCUT2D eigenvalue weighted by Gasteiger charge is 2.17. The van der Waals surface area contributed by atoms with Crippen molar-refractivity contribution in [3.63, 3.8) is 0 Å². The van der Waals surface area contributed by atoms with E-state index in [2.05, 4.69) is 25.6 Å². The number of hydrogen-bond acceptors (Lipinski definition) is 3. The highest BCUT2D eigenvalue weighted by molar-refractivity contribution is 9.10. The third-order valence-electron chi connectivity index (χ3n) is 2.44. The van der Waals surface area contributed by atoms with Crippen molar-refractivity contribution in [3.8, 4) is 0 Å². The van der Waals surface area contributed by atoms with Gasteiger partial charge in [-0.1, -0.05) is 17.7 Å². The average molecular weight is 365 g/mol. The van der Waals surface area contributed by atoms with E-state index in [1.165, 1.54) is 12.3 Å². The van der Waals surface area contributed by atoms with E-state index in [9.17, 15) is 8.42 Å². The molecule has 102 valence electrons. The first-order valence-electron chi connectivity index (χ1n) is 5.28. The molecule has 0 fully saturated rings. The quantitative estimate of drug-likeness (QED) is 0.779. The van der Waals surface area contributed by atoms with Gasteiger partial charge in [0.25, 0.3) is 10.0 Å². The van der Waals surface area contributed by atoms with Crippen molar-refractivity contribution < 1.29 is 8.42 Å². The van der Waals surface area contributed by atoms with Crippen LogP contribution in [0.4, 0.5) is 5.69 Å². The highest BCUT2D eigenvalue weighted by atomic mass is 79.9. The minimum absolute atomic E-state index is 0.125. The van der Waals surface area contributed by atoms with E-state index in [0.717, 1.165) is 0 Å². The van der Waals surface area contributed by atoms with Gasteiger partial charge in [0.1, 0.15) is 4.90 Å². The summed E-state index contributed by atoms with van der Waals surface area (Å²) in [6.07, 6.45) is 1.39. The molecule has 0 saturated heterocycles. The van der Waals surface area contributed by atoms with Crippen molar-refractivity contribution in [1.29, 1.82) is 0 Å². The maximum atomic E-state index is 12.2. The van der Waals surface area contributed by atoms with Gasteiger partial charge in [-0.25, -0.2) is 8.42 Å². The third-order valence-corrected chi connectivity index (χ3v) is 5.18. The van der Waals surface area contributed by atoms with Crippen molar-refractivity contribution in [3.05, 3.63) is 45.7 Å². The molecule has 0 spiro atoms. The highest BCUT2D eigenvalue weighted by Crippen LogP contribution is 2.31. The average Bonchev–Trinajstić information content (AvgIpc) is 2.84. The van der Waals surface area contributed by atoms with Gasteiger partial charge in [0.15, 0.2) is 0 Å². The summed E-state index contributed by atoms with van der Waals surface area (Å²) < 4.78 is 27.3. The molecule has 0 atom stereocenters. The Bertz CT molecular complexity index is 700. The van der Waals surface area contributed by atoms with Gasteiger partial charge in [-0.15, -0.1) is 0 Å². The lowest BCUT2D eigenvalue weighted by Crippen LogP contribution is -2.12. The lowest BCUT2D eigenvalue weighted by atomic mass is 10.3. The van der Waals surface area contributed by atoms with E-state index in [4.69, 9.17) is 17.3 Å². The van der Waals surface area contributed by atoms with Crippen LogP contribution in [0.3, 0.4) is 0 Å². The van der Waals surface area contributed by atoms with Gasteiger partial charge in [0.05, 0.1) is 15.2 Å². The number of benzene rings is 1. The second-order valence-corrected chi connectivity index (χ2v) is 6.65. The Kier molecular flexibility index (Phi) is 4.19. The second-order valence-electron chi connectivity index (χ2n) is 3.77. The van der Waals surface area contributed by atoms with Crippen LogP contribution in [0.5, 0.6) is 0 Å². The van der Waals surface area contributed by atoms with Gasteiger partial charge in [-0.2, -0.15) is 0 Å². The monoisotopic (exact) mass is 363 g/mol. The Morgan fingerprint density at radius 2 is 2.16 bits per heavy atom. The van der Waals surface area contributed by atoms with E-state index >= 15 is 0 Å². The molecule has 0 unspecified atom stereocenters. The molecule has 1 heterocycles. The van der Waals surface area contributed by atoms with Crippen LogP contribution in [0.2, 0.25) is 5.02 Å². The fraction of sp³-hybridized carbons (Fsp3) is 0.0909. The normalized spacial score (nSPS) is 11.5. The van der Waals surface area contributed by atoms with Gasteiger partial charge in [0, 0.05) is 18.4 Å². The van der Waals surface area contributed by atoms with Crippen molar-refractivity contribution in [2.45, 2.75) is 11.4 Å². The van der Waals surface area contributed by atoms with Crippen molar-refractivity contribution >= 4 is 43.2 Å². The summed E-state index contributed by atoms with van der Waals surface area (Å²) in [5.74, 6) is 0. The molecule has 0 aliphatic rings. The number of halogens is 2. The first-order valence-corrected chi connectivity index (χ1v) is 7.93. The topological polar surface area (TPSA) is 88.0 Å². The molecular weight excluding hydrogens is 354 g/mol. The zero-order valence-corrected chi connectivity index (χ0v) is 12.8. The molecule has 5 nitrogen and oxygen atoms in total. The van der Waals surface area contributed by atoms with Gasteiger partial charge in [-0.3, -0.25) is 4.72 Å². The number of sulfonamides is 1. The lowest BCUT2D eigenvalue weighted by molar-refractivity contribution is 0.601. The van der Waals surface area contributed by atoms with E-state index in [0.29, 0.717) is 20.9 Å². The number of nitrogens with two attached hydrogens (primary N) is 1. The summed E-state index contributed by atoms with van der Waals surface area (Å²) in [5, 5.41) is 0.428. The molecule has 0 aliphatic carbocycles. The fourth-order valence-corrected chi connectivity index (χ4v) is 3.24. The van der Waals surface area contributed by atoms with E-state index in [-0.39, 0.29) is 11.4 Å². The molecule has 2 aromatic rings. The minimum Gasteiger partial charge on any atom is -0.363 e. The largest absolute Gasteiger partial charge is 0.363 e. The fourth-order valence-electron chi connectivity index (χ4n) is 1.48. The molecule has 0 radical (unpaired) electrons. The van der Waals surface area contributed by atoms with E-state index in [1.54, 1.807) is 18.2 Å². The first kappa shape index (κ1) is 14.4. The van der Waals surface area contributed by atoms with Crippen LogP contribution in [0.1, 0.15) is 5.69 Å². The van der Waals surface area contributed by atoms with Gasteiger partial charge >= 0.3 is 0 Å². The number of hydrogen-bond donors (Lipinski definition) is 3. The lowest BCUT2D eigenvalue weighted by Gasteiger charge is -2.09. The molecule has 0 saturated carbocycles. The molecule has 1 aromatic carbocycles. The molecule has 0 aliphatic heterocycles. The van der Waals surface area contributed by atoms with Crippen molar-refractivity contribution in [1.82, 2.24) is 4.98 Å². The molecule has 4 N–H and O–H groups in total. The summed E-state index contributed by atoms with van der Waals surface area (Å²) in [6, 6.07) is 6.42. The molecule has 0 bridgehead atoms. The van der Waals surface area contributed by atoms with Gasteiger partial charge in [0.2, 0.25) is 0 Å². The second kappa shape index (κ2) is 5.54. The molecule has 19 heavy (non-hydrogen) atoms. The molecule has 2 rings (SSSR count). The van der Waals surface area contributed by atoms with Crippen LogP contribution >= 0.6 is 27.5 Å². The smallest absolute Gasteiger partial charge is 0.263 e. The number of aromatic amines is 1. The Balaban J connectivity index is 2.33. The van der Waals surface area contributed by atoms with Crippen LogP contribution in [0, 0.1) is 0 Å². The maximum absolute atomic E-state index is 12.2. The van der Waals surface area contributed by atoms with Crippen LogP contribution in [-0.4, -0.2) is 13.4 Å². The Hall–Kier alpha value is -1.02. The van der Waals surface area contributed by atoms with Crippen LogP contribution in [0.25, 0.3) is 0 Å². The molecule has 1 aromatic heterocycles. The summed E-state index contributed by atoms with van der Waals surface area (Å²) >= 11 is 9.15. The summed E-state index contributed by atoms with van der Waals surface area (Å²) in [6.45, 7) is 0.246. The van der Waals surface area contributed by atoms with Gasteiger partial charge < -0.3 is 10.7 Å². The predicted molar refractivity (Wildman–Crippen MR) is 78.6 cm³/mol. The maximum Gasteiger partial charge on any atom is 0.263 e. The Morgan fingerprint density at radius 1 is 1.42 bits per heavy atom. The van der Waals surface area contributed by atoms with E-state index < -0.39 is 10.0 Å². The van der Waals surface area contributed by atoms with Gasteiger partial charge in [-0.05, 0) is 34.1 Å². The zero-order valence-electron chi connectivity index (χ0n) is 9.65. The molecule has 8 heteroatoms. The summed E-state index contributed by atoms with van der Waals surface area (Å²) in [7, 11) is -3.67. The van der Waals surface area contributed by atoms with Crippen LogP contribution in [-0.2, 0) is 16.6 Å². The summed E-state index contributed by atoms with van der Waals surface area (Å²) in [5.41, 5.74) is 6.45. The third kappa shape index (κ3) is 3.11. The minimum atomic E-state index is -3.67. The van der Waals surface area contributed by atoms with Crippen LogP contribution < -0.4 is 10.5 Å². The molecule has 0 amide bonds. The molecular formula is C11H11BrClN3O2S.